The van der Waals surface area contributed by atoms with Crippen molar-refractivity contribution in [2.24, 2.45) is 0 Å². The number of anilines is 1. The number of carbonyl (C=O) groups is 2. The van der Waals surface area contributed by atoms with Crippen molar-refractivity contribution in [3.05, 3.63) is 70.9 Å². The van der Waals surface area contributed by atoms with Crippen LogP contribution in [0.5, 0.6) is 5.75 Å². The first kappa shape index (κ1) is 23.0. The van der Waals surface area contributed by atoms with E-state index in [2.05, 4.69) is 9.88 Å². The van der Waals surface area contributed by atoms with Crippen molar-refractivity contribution in [3.63, 3.8) is 0 Å². The molecule has 0 N–H and O–H groups in total. The van der Waals surface area contributed by atoms with Gasteiger partial charge in [-0.25, -0.2) is 14.8 Å². The van der Waals surface area contributed by atoms with E-state index in [0.29, 0.717) is 55.1 Å². The third-order valence-electron chi connectivity index (χ3n) is 7.05. The first-order valence-electron chi connectivity index (χ1n) is 12.1. The number of nitrogens with zero attached hydrogens (tertiary/aromatic N) is 3. The highest BCUT2D eigenvalue weighted by atomic mass is 16.5. The summed E-state index contributed by atoms with van der Waals surface area (Å²) in [5, 5.41) is 0. The molecule has 3 heterocycles. The van der Waals surface area contributed by atoms with E-state index in [0.717, 1.165) is 22.4 Å². The van der Waals surface area contributed by atoms with Gasteiger partial charge in [-0.1, -0.05) is 36.4 Å². The molecule has 1 fully saturated rings. The normalized spacial score (nSPS) is 16.5. The van der Waals surface area contributed by atoms with Gasteiger partial charge in [0.15, 0.2) is 11.6 Å². The number of carbonyl (C=O) groups excluding carboxylic acids is 2. The predicted molar refractivity (Wildman–Crippen MR) is 133 cm³/mol. The first-order valence-corrected chi connectivity index (χ1v) is 12.1. The number of hydrogen-bond acceptors (Lipinski definition) is 7. The van der Waals surface area contributed by atoms with Crippen molar-refractivity contribution in [1.82, 2.24) is 9.97 Å². The lowest BCUT2D eigenvalue weighted by molar-refractivity contribution is 0.0225. The van der Waals surface area contributed by atoms with Crippen LogP contribution in [0.25, 0.3) is 11.4 Å². The molecule has 3 aromatic rings. The Morgan fingerprint density at radius 1 is 1.11 bits per heavy atom. The molecule has 1 spiro atoms. The molecule has 35 heavy (non-hydrogen) atoms. The monoisotopic (exact) mass is 471 g/mol. The van der Waals surface area contributed by atoms with Crippen LogP contribution >= 0.6 is 0 Å². The summed E-state index contributed by atoms with van der Waals surface area (Å²) < 4.78 is 11.8. The fraction of sp³-hybridized carbons (Fsp3) is 0.357. The van der Waals surface area contributed by atoms with E-state index in [1.54, 1.807) is 13.1 Å². The number of ketones is 1. The van der Waals surface area contributed by atoms with E-state index >= 15 is 0 Å². The summed E-state index contributed by atoms with van der Waals surface area (Å²) in [6.07, 6.45) is 3.22. The summed E-state index contributed by atoms with van der Waals surface area (Å²) in [5.41, 5.74) is 3.48. The lowest BCUT2D eigenvalue weighted by atomic mass is 9.81. The van der Waals surface area contributed by atoms with Crippen LogP contribution < -0.4 is 9.64 Å². The highest BCUT2D eigenvalue weighted by molar-refractivity contribution is 6.01. The van der Waals surface area contributed by atoms with Gasteiger partial charge in [0, 0.05) is 37.7 Å². The Balaban J connectivity index is 1.44. The predicted octanol–water partition coefficient (Wildman–Crippen LogP) is 4.94. The van der Waals surface area contributed by atoms with Gasteiger partial charge in [-0.05, 0) is 38.0 Å². The second-order valence-corrected chi connectivity index (χ2v) is 9.27. The topological polar surface area (TPSA) is 81.6 Å². The van der Waals surface area contributed by atoms with Gasteiger partial charge in [-0.3, -0.25) is 4.79 Å². The molecule has 7 nitrogen and oxygen atoms in total. The van der Waals surface area contributed by atoms with Gasteiger partial charge in [0.25, 0.3) is 0 Å². The molecule has 5 rings (SSSR count). The number of piperidine rings is 1. The fourth-order valence-corrected chi connectivity index (χ4v) is 4.88. The average Bonchev–Trinajstić information content (AvgIpc) is 2.87. The summed E-state index contributed by atoms with van der Waals surface area (Å²) in [6.45, 7) is 7.30. The number of fused-ring (bicyclic) bond motifs is 1. The molecule has 0 aliphatic carbocycles. The van der Waals surface area contributed by atoms with Gasteiger partial charge in [0.05, 0.1) is 18.6 Å². The van der Waals surface area contributed by atoms with Crippen molar-refractivity contribution in [2.45, 2.75) is 45.6 Å². The van der Waals surface area contributed by atoms with Crippen LogP contribution in [0, 0.1) is 13.8 Å². The van der Waals surface area contributed by atoms with E-state index in [1.165, 1.54) is 0 Å². The average molecular weight is 472 g/mol. The third kappa shape index (κ3) is 4.27. The second kappa shape index (κ2) is 9.13. The molecule has 1 saturated heterocycles. The lowest BCUT2D eigenvalue weighted by Crippen LogP contribution is -2.51. The molecule has 0 atom stereocenters. The highest BCUT2D eigenvalue weighted by Gasteiger charge is 2.44. The molecule has 2 aliphatic heterocycles. The smallest absolute Gasteiger partial charge is 0.343 e. The number of rotatable bonds is 4. The molecule has 0 bridgehead atoms. The molecule has 180 valence electrons. The maximum absolute atomic E-state index is 13.0. The van der Waals surface area contributed by atoms with Gasteiger partial charge in [-0.15, -0.1) is 0 Å². The molecule has 2 aliphatic rings. The fourth-order valence-electron chi connectivity index (χ4n) is 4.88. The van der Waals surface area contributed by atoms with Gasteiger partial charge in [0.1, 0.15) is 22.7 Å². The number of esters is 1. The molecular formula is C28H29N3O4. The van der Waals surface area contributed by atoms with Crippen molar-refractivity contribution in [1.29, 1.82) is 0 Å². The number of hydrogen-bond donors (Lipinski definition) is 0. The Bertz CT molecular complexity index is 1280. The van der Waals surface area contributed by atoms with E-state index in [1.807, 2.05) is 56.3 Å². The number of Topliss-reactive ketones (excluding diaryl/α,β-unsaturated/α-hetero) is 1. The van der Waals surface area contributed by atoms with E-state index in [4.69, 9.17) is 14.5 Å². The Morgan fingerprint density at radius 2 is 1.86 bits per heavy atom. The van der Waals surface area contributed by atoms with Crippen LogP contribution in [-0.4, -0.2) is 47.0 Å². The van der Waals surface area contributed by atoms with Gasteiger partial charge in [-0.2, -0.15) is 0 Å². The van der Waals surface area contributed by atoms with Crippen molar-refractivity contribution >= 4 is 17.6 Å². The minimum absolute atomic E-state index is 0.128. The van der Waals surface area contributed by atoms with E-state index in [9.17, 15) is 9.59 Å². The minimum atomic E-state index is -0.543. The summed E-state index contributed by atoms with van der Waals surface area (Å²) in [6, 6.07) is 13.5. The van der Waals surface area contributed by atoms with E-state index < -0.39 is 11.6 Å². The van der Waals surface area contributed by atoms with Crippen LogP contribution in [0.1, 0.15) is 58.0 Å². The van der Waals surface area contributed by atoms with Crippen LogP contribution in [-0.2, 0) is 4.74 Å². The van der Waals surface area contributed by atoms with E-state index in [-0.39, 0.29) is 12.4 Å². The lowest BCUT2D eigenvalue weighted by Gasteiger charge is -2.45. The van der Waals surface area contributed by atoms with Gasteiger partial charge in [0.2, 0.25) is 0 Å². The first-order chi connectivity index (χ1) is 16.9. The molecular weight excluding hydrogens is 442 g/mol. The second-order valence-electron chi connectivity index (χ2n) is 9.27. The van der Waals surface area contributed by atoms with Crippen LogP contribution in [0.15, 0.2) is 48.7 Å². The Morgan fingerprint density at radius 3 is 2.57 bits per heavy atom. The number of ether oxygens (including phenoxy) is 2. The van der Waals surface area contributed by atoms with Crippen LogP contribution in [0.2, 0.25) is 0 Å². The zero-order valence-electron chi connectivity index (χ0n) is 20.3. The summed E-state index contributed by atoms with van der Waals surface area (Å²) >= 11 is 0. The quantitative estimate of drug-likeness (QED) is 0.499. The SMILES string of the molecule is CCOC(=O)c1cnc(-c2ccccc2)nc1N1CCC2(CC1)CC(=O)c1ccc(C)c(C)c1O2. The number of aromatic nitrogens is 2. The number of benzene rings is 2. The molecule has 0 unspecified atom stereocenters. The molecule has 1 aromatic heterocycles. The Kier molecular flexibility index (Phi) is 6.01. The van der Waals surface area contributed by atoms with Crippen LogP contribution in [0.3, 0.4) is 0 Å². The zero-order chi connectivity index (χ0) is 24.6. The maximum Gasteiger partial charge on any atom is 0.343 e. The molecule has 0 saturated carbocycles. The standard InChI is InChI=1S/C28H29N3O4/c1-4-34-27(33)22-17-29-25(20-8-6-5-7-9-20)30-26(22)31-14-12-28(13-15-31)16-23(32)21-11-10-18(2)19(3)24(21)35-28/h5-11,17H,4,12-16H2,1-3H3. The summed E-state index contributed by atoms with van der Waals surface area (Å²) in [5.74, 6) is 1.52. The van der Waals surface area contributed by atoms with Crippen LogP contribution in [0.4, 0.5) is 5.82 Å². The van der Waals surface area contributed by atoms with Gasteiger partial charge < -0.3 is 14.4 Å². The van der Waals surface area contributed by atoms with Gasteiger partial charge >= 0.3 is 5.97 Å². The zero-order valence-corrected chi connectivity index (χ0v) is 20.3. The minimum Gasteiger partial charge on any atom is -0.486 e. The highest BCUT2D eigenvalue weighted by Crippen LogP contribution is 2.42. The maximum atomic E-state index is 13.0. The summed E-state index contributed by atoms with van der Waals surface area (Å²) in [4.78, 5) is 37.0. The largest absolute Gasteiger partial charge is 0.486 e. The molecule has 0 amide bonds. The third-order valence-corrected chi connectivity index (χ3v) is 7.05. The van der Waals surface area contributed by atoms with Crippen molar-refractivity contribution in [2.75, 3.05) is 24.6 Å². The molecule has 7 heteroatoms. The molecule has 2 aromatic carbocycles. The molecule has 0 radical (unpaired) electrons. The van der Waals surface area contributed by atoms with Crippen molar-refractivity contribution in [3.8, 4) is 17.1 Å². The number of aryl methyl sites for hydroxylation is 1. The van der Waals surface area contributed by atoms with Crippen molar-refractivity contribution < 1.29 is 19.1 Å². The Hall–Kier alpha value is -3.74. The summed E-state index contributed by atoms with van der Waals surface area (Å²) in [7, 11) is 0. The Labute approximate surface area is 205 Å².